The Labute approximate surface area is 137 Å². The first-order chi connectivity index (χ1) is 11.0. The van der Waals surface area contributed by atoms with Crippen molar-refractivity contribution in [1.82, 2.24) is 0 Å². The number of nitrogens with one attached hydrogen (secondary N) is 1. The van der Waals surface area contributed by atoms with Gasteiger partial charge in [0.2, 0.25) is 4.75 Å². The number of amidine groups is 1. The second-order valence-corrected chi connectivity index (χ2v) is 5.40. The van der Waals surface area contributed by atoms with Gasteiger partial charge < -0.3 is 5.41 Å². The molecule has 112 valence electrons. The highest BCUT2D eigenvalue weighted by Crippen LogP contribution is 2.29. The summed E-state index contributed by atoms with van der Waals surface area (Å²) in [7, 11) is 0. The van der Waals surface area contributed by atoms with Crippen molar-refractivity contribution in [2.75, 3.05) is 0 Å². The van der Waals surface area contributed by atoms with Gasteiger partial charge in [-0.3, -0.25) is 11.6 Å². The molecule has 0 bridgehead atoms. The molecule has 0 aliphatic heterocycles. The first-order valence-corrected chi connectivity index (χ1v) is 7.02. The number of hydrogen-bond donors (Lipinski definition) is 2. The highest BCUT2D eigenvalue weighted by Gasteiger charge is 2.39. The monoisotopic (exact) mass is 321 g/mol. The summed E-state index contributed by atoms with van der Waals surface area (Å²) in [6.45, 7) is 1.75. The van der Waals surface area contributed by atoms with E-state index in [-0.39, 0.29) is 5.17 Å². The number of rotatable bonds is 4. The van der Waals surface area contributed by atoms with Crippen LogP contribution in [-0.4, -0.2) is 21.5 Å². The maximum Gasteiger partial charge on any atom is 0.330 e. The van der Waals surface area contributed by atoms with E-state index in [1.54, 1.807) is 31.0 Å². The summed E-state index contributed by atoms with van der Waals surface area (Å²) in [4.78, 5) is 0. The molecule has 0 unspecified atom stereocenters. The largest absolute Gasteiger partial charge is 0.762 e. The maximum absolute atomic E-state index is 9.16. The molecule has 0 saturated heterocycles. The topological polar surface area (TPSA) is 146 Å². The zero-order valence-corrected chi connectivity index (χ0v) is 12.9. The van der Waals surface area contributed by atoms with Gasteiger partial charge in [0.15, 0.2) is 0 Å². The van der Waals surface area contributed by atoms with Gasteiger partial charge in [-0.05, 0) is 12.5 Å². The van der Waals surface area contributed by atoms with Crippen LogP contribution in [0.3, 0.4) is 0 Å². The molecule has 0 aromatic heterocycles. The lowest BCUT2D eigenvalue weighted by Gasteiger charge is -2.12. The summed E-state index contributed by atoms with van der Waals surface area (Å²) >= 11 is 0.559. The lowest BCUT2D eigenvalue weighted by molar-refractivity contribution is -0.460. The zero-order chi connectivity index (χ0) is 17.3. The fraction of sp³-hybridized carbons (Fsp3) is 0.133. The van der Waals surface area contributed by atoms with Crippen LogP contribution in [0.15, 0.2) is 41.0 Å². The molecule has 1 aromatic rings. The molecule has 0 heterocycles. The Morgan fingerprint density at radius 1 is 1.26 bits per heavy atom. The number of hydrazone groups is 1. The number of thioether (sulfide) groups is 1. The predicted octanol–water partition coefficient (Wildman–Crippen LogP) is 0.0141. The molecule has 0 amide bonds. The Morgan fingerprint density at radius 2 is 1.87 bits per heavy atom. The third-order valence-corrected chi connectivity index (χ3v) is 3.68. The van der Waals surface area contributed by atoms with Crippen molar-refractivity contribution in [2.24, 2.45) is 10.8 Å². The first-order valence-electron chi connectivity index (χ1n) is 6.20. The molecule has 0 aliphatic rings. The Balaban J connectivity index is 3.08. The molecule has 0 atom stereocenters. The Hall–Kier alpha value is -3.37. The van der Waals surface area contributed by atoms with E-state index in [9.17, 15) is 0 Å². The van der Waals surface area contributed by atoms with E-state index in [0.29, 0.717) is 17.5 Å². The molecule has 23 heavy (non-hydrogen) atoms. The van der Waals surface area contributed by atoms with Crippen LogP contribution in [0.25, 0.3) is 5.41 Å². The van der Waals surface area contributed by atoms with Crippen LogP contribution in [0.5, 0.6) is 0 Å². The summed E-state index contributed by atoms with van der Waals surface area (Å²) in [6.07, 6.45) is 0. The first kappa shape index (κ1) is 17.7. The fourth-order valence-corrected chi connectivity index (χ4v) is 2.19. The van der Waals surface area contributed by atoms with Crippen LogP contribution in [-0.2, 0) is 0 Å². The van der Waals surface area contributed by atoms with Crippen molar-refractivity contribution in [1.29, 1.82) is 15.8 Å². The van der Waals surface area contributed by atoms with Crippen LogP contribution in [0, 0.1) is 34.0 Å². The summed E-state index contributed by atoms with van der Waals surface area (Å²) in [6, 6.07) is 14.1. The van der Waals surface area contributed by atoms with Gasteiger partial charge in [-0.15, -0.1) is 5.10 Å². The summed E-state index contributed by atoms with van der Waals surface area (Å²) in [5.41, 5.74) is 6.67. The van der Waals surface area contributed by atoms with E-state index < -0.39 is 10.3 Å². The summed E-state index contributed by atoms with van der Waals surface area (Å²) < 4.78 is -2.00. The minimum absolute atomic E-state index is 0.0774. The highest BCUT2D eigenvalue weighted by atomic mass is 32.2. The van der Waals surface area contributed by atoms with Crippen molar-refractivity contribution in [3.63, 3.8) is 0 Å². The van der Waals surface area contributed by atoms with Gasteiger partial charge in [-0.1, -0.05) is 35.4 Å². The summed E-state index contributed by atoms with van der Waals surface area (Å²) in [5, 5.41) is 42.6. The van der Waals surface area contributed by atoms with Crippen molar-refractivity contribution in [3.05, 3.63) is 46.9 Å². The second-order valence-electron chi connectivity index (χ2n) is 4.14. The number of hydrogen-bond acceptors (Lipinski definition) is 5. The Morgan fingerprint density at radius 3 is 2.35 bits per heavy atom. The molecule has 1 aromatic carbocycles. The van der Waals surface area contributed by atoms with Crippen LogP contribution in [0.2, 0.25) is 0 Å². The van der Waals surface area contributed by atoms with Crippen molar-refractivity contribution < 1.29 is 5.10 Å². The molecule has 0 aliphatic carbocycles. The number of nitriles is 3. The Bertz CT molecular complexity index is 798. The highest BCUT2D eigenvalue weighted by molar-refractivity contribution is 8.15. The average molecular weight is 321 g/mol. The van der Waals surface area contributed by atoms with E-state index in [2.05, 4.69) is 10.2 Å². The SMILES string of the molecule is C/C(=N\[NH+]=C(\N)SC(C#N)(C#N)C(=C=[N-])C#N)c1ccccc1. The maximum atomic E-state index is 9.16. The van der Waals surface area contributed by atoms with Gasteiger partial charge in [0.05, 0.1) is 11.3 Å². The number of nitrogens with zero attached hydrogens (tertiary/aromatic N) is 5. The number of benzene rings is 1. The fourth-order valence-electron chi connectivity index (χ4n) is 1.49. The van der Waals surface area contributed by atoms with Crippen LogP contribution >= 0.6 is 11.8 Å². The molecule has 0 saturated carbocycles. The van der Waals surface area contributed by atoms with E-state index in [0.717, 1.165) is 5.56 Å². The lowest BCUT2D eigenvalue weighted by atomic mass is 10.0. The van der Waals surface area contributed by atoms with E-state index in [1.165, 1.54) is 0 Å². The molecule has 0 spiro atoms. The van der Waals surface area contributed by atoms with Gasteiger partial charge in [0, 0.05) is 11.8 Å². The predicted molar refractivity (Wildman–Crippen MR) is 87.9 cm³/mol. The van der Waals surface area contributed by atoms with Crippen LogP contribution in [0.1, 0.15) is 12.5 Å². The molecule has 0 radical (unpaired) electrons. The zero-order valence-electron chi connectivity index (χ0n) is 12.1. The summed E-state index contributed by atoms with van der Waals surface area (Å²) in [5.74, 6) is 1.55. The molecule has 8 heteroatoms. The normalized spacial score (nSPS) is 11.6. The van der Waals surface area contributed by atoms with E-state index in [1.807, 2.05) is 30.3 Å². The molecular weight excluding hydrogens is 310 g/mol. The van der Waals surface area contributed by atoms with Gasteiger partial charge in [-0.25, -0.2) is 0 Å². The molecule has 0 fully saturated rings. The molecule has 7 nitrogen and oxygen atoms in total. The standard InChI is InChI=1S/C15H10N7S/c1-11(12-5-3-2-4-6-12)21-22-14(20)23-15(9-18,10-19)13(7-16)8-17/h2-6H,1H3,(H2,20,22)/q-1/p+1/b21-11+. The van der Waals surface area contributed by atoms with E-state index >= 15 is 0 Å². The van der Waals surface area contributed by atoms with Crippen molar-refractivity contribution >= 4 is 28.5 Å². The van der Waals surface area contributed by atoms with Gasteiger partial charge >= 0.3 is 5.17 Å². The van der Waals surface area contributed by atoms with Gasteiger partial charge in [-0.2, -0.15) is 15.8 Å². The molecule has 3 N–H and O–H groups in total. The van der Waals surface area contributed by atoms with Crippen molar-refractivity contribution in [2.45, 2.75) is 11.7 Å². The number of nitrogens with two attached hydrogens (primary N) is 1. The van der Waals surface area contributed by atoms with Gasteiger partial charge in [0.25, 0.3) is 0 Å². The smallest absolute Gasteiger partial charge is 0.330 e. The molecule has 1 rings (SSSR count). The van der Waals surface area contributed by atoms with Crippen LogP contribution < -0.4 is 10.8 Å². The van der Waals surface area contributed by atoms with Gasteiger partial charge in [0.1, 0.15) is 18.2 Å². The quantitative estimate of drug-likeness (QED) is 0.347. The minimum Gasteiger partial charge on any atom is -0.762 e. The third-order valence-electron chi connectivity index (χ3n) is 2.68. The molecular formula is C15H11N7S. The third kappa shape index (κ3) is 4.30. The second kappa shape index (κ2) is 8.17. The van der Waals surface area contributed by atoms with E-state index in [4.69, 9.17) is 26.9 Å². The Kier molecular flexibility index (Phi) is 6.28. The van der Waals surface area contributed by atoms with Crippen molar-refractivity contribution in [3.8, 4) is 18.2 Å². The average Bonchev–Trinajstić information content (AvgIpc) is 2.60. The van der Waals surface area contributed by atoms with Crippen LogP contribution in [0.4, 0.5) is 0 Å². The minimum atomic E-state index is -2.00. The lowest BCUT2D eigenvalue weighted by Crippen LogP contribution is -2.69.